The number of hydrogen-bond donors (Lipinski definition) is 1. The van der Waals surface area contributed by atoms with Gasteiger partial charge in [0.15, 0.2) is 0 Å². The highest BCUT2D eigenvalue weighted by Gasteiger charge is 2.35. The summed E-state index contributed by atoms with van der Waals surface area (Å²) in [5.74, 6) is -0.507. The van der Waals surface area contributed by atoms with E-state index in [9.17, 15) is 14.4 Å². The van der Waals surface area contributed by atoms with E-state index in [1.165, 1.54) is 4.90 Å². The van der Waals surface area contributed by atoms with Gasteiger partial charge in [0.25, 0.3) is 5.91 Å². The van der Waals surface area contributed by atoms with Crippen LogP contribution in [0, 0.1) is 5.92 Å². The van der Waals surface area contributed by atoms with Gasteiger partial charge >= 0.3 is 0 Å². The van der Waals surface area contributed by atoms with Gasteiger partial charge in [0.1, 0.15) is 6.04 Å². The van der Waals surface area contributed by atoms with Crippen LogP contribution in [0.3, 0.4) is 0 Å². The highest BCUT2D eigenvalue weighted by Crippen LogP contribution is 2.26. The second-order valence-corrected chi connectivity index (χ2v) is 7.17. The normalized spacial score (nSPS) is 15.4. The molecule has 7 heteroatoms. The minimum atomic E-state index is -0.556. The average Bonchev–Trinajstić information content (AvgIpc) is 2.94. The fourth-order valence-electron chi connectivity index (χ4n) is 2.99. The third-order valence-corrected chi connectivity index (χ3v) is 4.55. The van der Waals surface area contributed by atoms with E-state index in [2.05, 4.69) is 5.32 Å². The quantitative estimate of drug-likeness (QED) is 0.872. The van der Waals surface area contributed by atoms with Crippen LogP contribution in [0.4, 0.5) is 5.69 Å². The molecule has 0 spiro atoms. The molecular formula is C18H24ClN3O3. The van der Waals surface area contributed by atoms with Crippen LogP contribution in [-0.4, -0.2) is 54.2 Å². The van der Waals surface area contributed by atoms with Gasteiger partial charge in [-0.1, -0.05) is 25.4 Å². The molecule has 1 unspecified atom stereocenters. The number of carbonyl (C=O) groups excluding carboxylic acids is 3. The molecule has 1 N–H and O–H groups in total. The van der Waals surface area contributed by atoms with Gasteiger partial charge in [-0.15, -0.1) is 0 Å². The summed E-state index contributed by atoms with van der Waals surface area (Å²) in [6, 6.07) is 4.20. The number of amides is 3. The summed E-state index contributed by atoms with van der Waals surface area (Å²) in [6.07, 6.45) is 1.24. The summed E-state index contributed by atoms with van der Waals surface area (Å²) < 4.78 is 0. The third kappa shape index (κ3) is 4.31. The minimum absolute atomic E-state index is 0.00326. The second kappa shape index (κ2) is 7.87. The molecule has 1 atom stereocenters. The topological polar surface area (TPSA) is 69.7 Å². The van der Waals surface area contributed by atoms with Gasteiger partial charge in [-0.3, -0.25) is 14.4 Å². The molecule has 1 heterocycles. The number of carbonyl (C=O) groups is 3. The van der Waals surface area contributed by atoms with Crippen LogP contribution >= 0.6 is 11.6 Å². The molecule has 6 nitrogen and oxygen atoms in total. The van der Waals surface area contributed by atoms with Crippen LogP contribution in [0.15, 0.2) is 18.2 Å². The lowest BCUT2D eigenvalue weighted by atomic mass is 10.0. The van der Waals surface area contributed by atoms with Gasteiger partial charge in [-0.05, 0) is 30.5 Å². The zero-order valence-corrected chi connectivity index (χ0v) is 15.8. The van der Waals surface area contributed by atoms with Crippen molar-refractivity contribution in [1.29, 1.82) is 0 Å². The van der Waals surface area contributed by atoms with Crippen LogP contribution < -0.4 is 5.32 Å². The maximum Gasteiger partial charge on any atom is 0.253 e. The zero-order chi connectivity index (χ0) is 18.7. The number of nitrogens with one attached hydrogen (secondary N) is 1. The molecule has 2 rings (SSSR count). The first-order valence-electron chi connectivity index (χ1n) is 8.34. The maximum atomic E-state index is 12.8. The van der Waals surface area contributed by atoms with Gasteiger partial charge < -0.3 is 15.1 Å². The molecule has 0 radical (unpaired) electrons. The summed E-state index contributed by atoms with van der Waals surface area (Å²) in [6.45, 7) is 4.40. The molecule has 0 aliphatic carbocycles. The van der Waals surface area contributed by atoms with Crippen LogP contribution in [0.1, 0.15) is 37.0 Å². The Hall–Kier alpha value is -2.08. The van der Waals surface area contributed by atoms with Crippen LogP contribution in [0.2, 0.25) is 5.02 Å². The smallest absolute Gasteiger partial charge is 0.253 e. The zero-order valence-electron chi connectivity index (χ0n) is 15.0. The van der Waals surface area contributed by atoms with Gasteiger partial charge in [0.2, 0.25) is 11.8 Å². The summed E-state index contributed by atoms with van der Waals surface area (Å²) in [4.78, 5) is 40.0. The highest BCUT2D eigenvalue weighted by molar-refractivity contribution is 6.34. The minimum Gasteiger partial charge on any atom is -0.345 e. The SMILES string of the molecule is CC(C)C(C(=O)Nc1cc(C(=O)N(C)C)ccc1Cl)N1CCCC1=O. The van der Waals surface area contributed by atoms with E-state index in [4.69, 9.17) is 11.6 Å². The molecule has 1 fully saturated rings. The Labute approximate surface area is 153 Å². The molecule has 3 amide bonds. The number of halogens is 1. The van der Waals surface area contributed by atoms with Crippen molar-refractivity contribution < 1.29 is 14.4 Å². The molecule has 25 heavy (non-hydrogen) atoms. The van der Waals surface area contributed by atoms with E-state index >= 15 is 0 Å². The van der Waals surface area contributed by atoms with Crippen molar-refractivity contribution in [1.82, 2.24) is 9.80 Å². The largest absolute Gasteiger partial charge is 0.345 e. The molecule has 1 aromatic rings. The first-order valence-corrected chi connectivity index (χ1v) is 8.71. The lowest BCUT2D eigenvalue weighted by Crippen LogP contribution is -2.48. The Kier molecular flexibility index (Phi) is 6.06. The van der Waals surface area contributed by atoms with E-state index in [-0.39, 0.29) is 23.6 Å². The standard InChI is InChI=1S/C18H24ClN3O3/c1-11(2)16(22-9-5-6-15(22)23)17(24)20-14-10-12(7-8-13(14)19)18(25)21(3)4/h7-8,10-11,16H,5-6,9H2,1-4H3,(H,20,24). The summed E-state index contributed by atoms with van der Waals surface area (Å²) >= 11 is 6.18. The molecule has 0 aromatic heterocycles. The van der Waals surface area contributed by atoms with Crippen LogP contribution in [-0.2, 0) is 9.59 Å². The fourth-order valence-corrected chi connectivity index (χ4v) is 3.15. The van der Waals surface area contributed by atoms with E-state index in [1.807, 2.05) is 13.8 Å². The molecule has 0 saturated carbocycles. The van der Waals surface area contributed by atoms with E-state index in [0.717, 1.165) is 6.42 Å². The van der Waals surface area contributed by atoms with Gasteiger partial charge in [-0.25, -0.2) is 0 Å². The molecule has 1 aromatic carbocycles. The summed E-state index contributed by atoms with van der Waals surface area (Å²) in [5, 5.41) is 3.13. The Morgan fingerprint density at radius 1 is 1.28 bits per heavy atom. The van der Waals surface area contributed by atoms with Gasteiger partial charge in [0.05, 0.1) is 10.7 Å². The Morgan fingerprint density at radius 2 is 1.96 bits per heavy atom. The van der Waals surface area contributed by atoms with Crippen molar-refractivity contribution >= 4 is 35.0 Å². The van der Waals surface area contributed by atoms with E-state index in [1.54, 1.807) is 37.2 Å². The first kappa shape index (κ1) is 19.2. The number of anilines is 1. The Balaban J connectivity index is 2.24. The highest BCUT2D eigenvalue weighted by atomic mass is 35.5. The monoisotopic (exact) mass is 365 g/mol. The second-order valence-electron chi connectivity index (χ2n) is 6.76. The predicted octanol–water partition coefficient (Wildman–Crippen LogP) is 2.63. The van der Waals surface area contributed by atoms with Crippen molar-refractivity contribution in [2.24, 2.45) is 5.92 Å². The van der Waals surface area contributed by atoms with Crippen molar-refractivity contribution in [3.8, 4) is 0 Å². The molecule has 0 bridgehead atoms. The fraction of sp³-hybridized carbons (Fsp3) is 0.500. The maximum absolute atomic E-state index is 12.8. The van der Waals surface area contributed by atoms with E-state index < -0.39 is 6.04 Å². The van der Waals surface area contributed by atoms with Crippen molar-refractivity contribution in [3.63, 3.8) is 0 Å². The summed E-state index contributed by atoms with van der Waals surface area (Å²) in [5.41, 5.74) is 0.805. The first-order chi connectivity index (χ1) is 11.7. The lowest BCUT2D eigenvalue weighted by Gasteiger charge is -2.30. The molecule has 1 saturated heterocycles. The van der Waals surface area contributed by atoms with Crippen LogP contribution in [0.25, 0.3) is 0 Å². The average molecular weight is 366 g/mol. The Morgan fingerprint density at radius 3 is 2.48 bits per heavy atom. The lowest BCUT2D eigenvalue weighted by molar-refractivity contribution is -0.136. The van der Waals surface area contributed by atoms with Gasteiger partial charge in [0, 0.05) is 32.6 Å². The summed E-state index contributed by atoms with van der Waals surface area (Å²) in [7, 11) is 3.31. The number of nitrogens with zero attached hydrogens (tertiary/aromatic N) is 2. The molecule has 1 aliphatic rings. The third-order valence-electron chi connectivity index (χ3n) is 4.22. The van der Waals surface area contributed by atoms with Crippen molar-refractivity contribution in [3.05, 3.63) is 28.8 Å². The molecule has 136 valence electrons. The number of rotatable bonds is 5. The number of benzene rings is 1. The Bertz CT molecular complexity index is 688. The molecule has 1 aliphatic heterocycles. The number of hydrogen-bond acceptors (Lipinski definition) is 3. The predicted molar refractivity (Wildman–Crippen MR) is 97.7 cm³/mol. The number of likely N-dealkylation sites (tertiary alicyclic amines) is 1. The van der Waals surface area contributed by atoms with E-state index in [0.29, 0.717) is 29.2 Å². The van der Waals surface area contributed by atoms with Crippen LogP contribution in [0.5, 0.6) is 0 Å². The van der Waals surface area contributed by atoms with Crippen molar-refractivity contribution in [2.75, 3.05) is 26.0 Å². The molecular weight excluding hydrogens is 342 g/mol. The van der Waals surface area contributed by atoms with Gasteiger partial charge in [-0.2, -0.15) is 0 Å². The van der Waals surface area contributed by atoms with Crippen molar-refractivity contribution in [2.45, 2.75) is 32.7 Å².